The standard InChI is InChI=1S/C10H8FNOS/c11-8-4-2-1-3-7(8)10(13)9-5-14-6-12-9/h1-6,10,13H. The molecule has 0 saturated carbocycles. The third-order valence-electron chi connectivity index (χ3n) is 1.93. The second-order valence-corrected chi connectivity index (χ2v) is 3.56. The molecule has 0 radical (unpaired) electrons. The van der Waals surface area contributed by atoms with Crippen LogP contribution in [-0.2, 0) is 0 Å². The Balaban J connectivity index is 2.37. The molecule has 0 aliphatic rings. The van der Waals surface area contributed by atoms with E-state index in [2.05, 4.69) is 4.98 Å². The number of aliphatic hydroxyl groups excluding tert-OH is 1. The second-order valence-electron chi connectivity index (χ2n) is 2.84. The Morgan fingerprint density at radius 1 is 1.36 bits per heavy atom. The van der Waals surface area contributed by atoms with Crippen molar-refractivity contribution in [3.63, 3.8) is 0 Å². The van der Waals surface area contributed by atoms with Gasteiger partial charge in [0.05, 0.1) is 11.2 Å². The number of halogens is 1. The number of nitrogens with zero attached hydrogens (tertiary/aromatic N) is 1. The number of aliphatic hydroxyl groups is 1. The van der Waals surface area contributed by atoms with Gasteiger partial charge in [0.2, 0.25) is 0 Å². The van der Waals surface area contributed by atoms with E-state index in [1.165, 1.54) is 17.4 Å². The fourth-order valence-electron chi connectivity index (χ4n) is 1.21. The summed E-state index contributed by atoms with van der Waals surface area (Å²) in [4.78, 5) is 3.94. The summed E-state index contributed by atoms with van der Waals surface area (Å²) < 4.78 is 13.2. The minimum Gasteiger partial charge on any atom is -0.382 e. The van der Waals surface area contributed by atoms with Crippen molar-refractivity contribution in [1.82, 2.24) is 4.98 Å². The largest absolute Gasteiger partial charge is 0.382 e. The lowest BCUT2D eigenvalue weighted by atomic mass is 10.1. The molecule has 0 fully saturated rings. The highest BCUT2D eigenvalue weighted by Gasteiger charge is 2.15. The van der Waals surface area contributed by atoms with E-state index in [9.17, 15) is 9.50 Å². The SMILES string of the molecule is OC(c1cscn1)c1ccccc1F. The molecular formula is C10H8FNOS. The highest BCUT2D eigenvalue weighted by Crippen LogP contribution is 2.23. The first-order valence-corrected chi connectivity index (χ1v) is 5.04. The normalized spacial score (nSPS) is 12.7. The average Bonchev–Trinajstić information content (AvgIpc) is 2.70. The maximum Gasteiger partial charge on any atom is 0.129 e. The third kappa shape index (κ3) is 1.66. The lowest BCUT2D eigenvalue weighted by molar-refractivity contribution is 0.211. The number of rotatable bonds is 2. The molecule has 1 aromatic carbocycles. The monoisotopic (exact) mass is 209 g/mol. The molecule has 2 aromatic rings. The highest BCUT2D eigenvalue weighted by atomic mass is 32.1. The Morgan fingerprint density at radius 2 is 2.14 bits per heavy atom. The number of benzene rings is 1. The van der Waals surface area contributed by atoms with E-state index in [0.29, 0.717) is 5.69 Å². The maximum absolute atomic E-state index is 13.2. The summed E-state index contributed by atoms with van der Waals surface area (Å²) in [6.45, 7) is 0. The van der Waals surface area contributed by atoms with E-state index in [-0.39, 0.29) is 5.56 Å². The fourth-order valence-corrected chi connectivity index (χ4v) is 1.79. The van der Waals surface area contributed by atoms with Crippen molar-refractivity contribution in [2.24, 2.45) is 0 Å². The highest BCUT2D eigenvalue weighted by molar-refractivity contribution is 7.07. The van der Waals surface area contributed by atoms with Crippen molar-refractivity contribution >= 4 is 11.3 Å². The van der Waals surface area contributed by atoms with Crippen LogP contribution in [0.1, 0.15) is 17.4 Å². The number of hydrogen-bond acceptors (Lipinski definition) is 3. The van der Waals surface area contributed by atoms with Gasteiger partial charge in [-0.05, 0) is 6.07 Å². The van der Waals surface area contributed by atoms with Crippen LogP contribution in [0.4, 0.5) is 4.39 Å². The first-order valence-electron chi connectivity index (χ1n) is 4.09. The molecule has 0 aliphatic heterocycles. The van der Waals surface area contributed by atoms with Crippen LogP contribution in [0, 0.1) is 5.82 Å². The van der Waals surface area contributed by atoms with Gasteiger partial charge in [0.1, 0.15) is 11.9 Å². The Bertz CT molecular complexity index is 416. The van der Waals surface area contributed by atoms with Gasteiger partial charge in [0.15, 0.2) is 0 Å². The van der Waals surface area contributed by atoms with Gasteiger partial charge in [-0.3, -0.25) is 0 Å². The summed E-state index contributed by atoms with van der Waals surface area (Å²) in [5.41, 5.74) is 2.36. The molecule has 1 atom stereocenters. The van der Waals surface area contributed by atoms with E-state index in [4.69, 9.17) is 0 Å². The fraction of sp³-hybridized carbons (Fsp3) is 0.100. The third-order valence-corrected chi connectivity index (χ3v) is 2.54. The van der Waals surface area contributed by atoms with Crippen LogP contribution in [0.2, 0.25) is 0 Å². The number of thiazole rings is 1. The lowest BCUT2D eigenvalue weighted by Crippen LogP contribution is -2.02. The van der Waals surface area contributed by atoms with Crippen molar-refractivity contribution in [3.05, 3.63) is 52.2 Å². The van der Waals surface area contributed by atoms with Crippen molar-refractivity contribution in [3.8, 4) is 0 Å². The Morgan fingerprint density at radius 3 is 2.79 bits per heavy atom. The first kappa shape index (κ1) is 9.30. The van der Waals surface area contributed by atoms with Gasteiger partial charge in [-0.2, -0.15) is 0 Å². The zero-order valence-electron chi connectivity index (χ0n) is 7.22. The predicted molar refractivity (Wildman–Crippen MR) is 52.6 cm³/mol. The van der Waals surface area contributed by atoms with Crippen molar-refractivity contribution < 1.29 is 9.50 Å². The molecule has 2 rings (SSSR count). The molecule has 0 amide bonds. The molecule has 0 bridgehead atoms. The van der Waals surface area contributed by atoms with Crippen molar-refractivity contribution in [2.75, 3.05) is 0 Å². The van der Waals surface area contributed by atoms with Crippen LogP contribution in [0.25, 0.3) is 0 Å². The zero-order valence-corrected chi connectivity index (χ0v) is 8.04. The van der Waals surface area contributed by atoms with Crippen molar-refractivity contribution in [2.45, 2.75) is 6.10 Å². The molecule has 0 saturated heterocycles. The maximum atomic E-state index is 13.2. The minimum absolute atomic E-state index is 0.262. The summed E-state index contributed by atoms with van der Waals surface area (Å²) in [6.07, 6.45) is -0.970. The Hall–Kier alpha value is -1.26. The smallest absolute Gasteiger partial charge is 0.129 e. The number of aromatic nitrogens is 1. The molecule has 72 valence electrons. The van der Waals surface area contributed by atoms with Gasteiger partial charge in [0, 0.05) is 10.9 Å². The molecule has 14 heavy (non-hydrogen) atoms. The van der Waals surface area contributed by atoms with E-state index in [1.54, 1.807) is 29.1 Å². The quantitative estimate of drug-likeness (QED) is 0.823. The van der Waals surface area contributed by atoms with Gasteiger partial charge >= 0.3 is 0 Å². The lowest BCUT2D eigenvalue weighted by Gasteiger charge is -2.08. The molecule has 1 aromatic heterocycles. The first-order chi connectivity index (χ1) is 6.79. The molecule has 1 heterocycles. The van der Waals surface area contributed by atoms with Crippen LogP contribution >= 0.6 is 11.3 Å². The van der Waals surface area contributed by atoms with E-state index in [0.717, 1.165) is 0 Å². The molecule has 2 nitrogen and oxygen atoms in total. The molecule has 0 spiro atoms. The topological polar surface area (TPSA) is 33.1 Å². The van der Waals surface area contributed by atoms with Gasteiger partial charge < -0.3 is 5.11 Å². The number of hydrogen-bond donors (Lipinski definition) is 1. The molecular weight excluding hydrogens is 201 g/mol. The Labute approximate surface area is 84.7 Å². The van der Waals surface area contributed by atoms with Crippen LogP contribution in [0.3, 0.4) is 0 Å². The summed E-state index contributed by atoms with van der Waals surface area (Å²) >= 11 is 1.37. The van der Waals surface area contributed by atoms with Gasteiger partial charge in [-0.25, -0.2) is 9.37 Å². The van der Waals surface area contributed by atoms with Gasteiger partial charge in [-0.15, -0.1) is 11.3 Å². The van der Waals surface area contributed by atoms with E-state index >= 15 is 0 Å². The second kappa shape index (κ2) is 3.86. The Kier molecular flexibility index (Phi) is 2.56. The van der Waals surface area contributed by atoms with Gasteiger partial charge in [0.25, 0.3) is 0 Å². The van der Waals surface area contributed by atoms with Crippen LogP contribution < -0.4 is 0 Å². The van der Waals surface area contributed by atoms with Crippen LogP contribution in [-0.4, -0.2) is 10.1 Å². The zero-order chi connectivity index (χ0) is 9.97. The van der Waals surface area contributed by atoms with Crippen molar-refractivity contribution in [1.29, 1.82) is 0 Å². The summed E-state index contributed by atoms with van der Waals surface area (Å²) in [5, 5.41) is 11.5. The molecule has 0 aliphatic carbocycles. The minimum atomic E-state index is -0.970. The molecule has 1 unspecified atom stereocenters. The van der Waals surface area contributed by atoms with Crippen LogP contribution in [0.5, 0.6) is 0 Å². The molecule has 1 N–H and O–H groups in total. The van der Waals surface area contributed by atoms with E-state index < -0.39 is 11.9 Å². The predicted octanol–water partition coefficient (Wildman–Crippen LogP) is 2.36. The average molecular weight is 209 g/mol. The summed E-state index contributed by atoms with van der Waals surface area (Å²) in [7, 11) is 0. The molecule has 4 heteroatoms. The van der Waals surface area contributed by atoms with Gasteiger partial charge in [-0.1, -0.05) is 18.2 Å². The van der Waals surface area contributed by atoms with Crippen LogP contribution in [0.15, 0.2) is 35.2 Å². The summed E-state index contributed by atoms with van der Waals surface area (Å²) in [6, 6.07) is 6.16. The summed E-state index contributed by atoms with van der Waals surface area (Å²) in [5.74, 6) is -0.409. The van der Waals surface area contributed by atoms with E-state index in [1.807, 2.05) is 0 Å².